The standard InChI is InChI=1S/C12H22NO4/c1-6-17-9(14)12(15)7-10(2,3)13(16)11(4,5)8-12/h15H,6-8H2,1-5H3. The summed E-state index contributed by atoms with van der Waals surface area (Å²) in [6, 6.07) is 0. The molecule has 0 aromatic carbocycles. The zero-order valence-electron chi connectivity index (χ0n) is 11.2. The predicted molar refractivity (Wildman–Crippen MR) is 61.5 cm³/mol. The second kappa shape index (κ2) is 4.23. The maximum absolute atomic E-state index is 12.1. The molecule has 5 heteroatoms. The van der Waals surface area contributed by atoms with E-state index in [1.54, 1.807) is 34.6 Å². The summed E-state index contributed by atoms with van der Waals surface area (Å²) in [7, 11) is 0. The summed E-state index contributed by atoms with van der Waals surface area (Å²) in [4.78, 5) is 11.8. The van der Waals surface area contributed by atoms with Crippen LogP contribution in [0.3, 0.4) is 0 Å². The Hall–Kier alpha value is -0.650. The molecule has 0 spiro atoms. The van der Waals surface area contributed by atoms with Crippen LogP contribution in [0.2, 0.25) is 0 Å². The largest absolute Gasteiger partial charge is 0.464 e. The number of hydroxylamine groups is 2. The molecule has 0 bridgehead atoms. The number of esters is 1. The summed E-state index contributed by atoms with van der Waals surface area (Å²) < 4.78 is 4.90. The highest BCUT2D eigenvalue weighted by Crippen LogP contribution is 2.42. The van der Waals surface area contributed by atoms with Crippen molar-refractivity contribution >= 4 is 5.97 Å². The van der Waals surface area contributed by atoms with Gasteiger partial charge >= 0.3 is 5.97 Å². The number of aliphatic hydroxyl groups is 1. The first-order valence-electron chi connectivity index (χ1n) is 5.92. The van der Waals surface area contributed by atoms with Crippen LogP contribution < -0.4 is 0 Å². The lowest BCUT2D eigenvalue weighted by atomic mass is 9.72. The third-order valence-electron chi connectivity index (χ3n) is 3.21. The van der Waals surface area contributed by atoms with Gasteiger partial charge in [0.2, 0.25) is 0 Å². The normalized spacial score (nSPS) is 26.5. The van der Waals surface area contributed by atoms with Crippen molar-refractivity contribution in [3.8, 4) is 0 Å². The highest BCUT2D eigenvalue weighted by molar-refractivity contribution is 5.79. The molecular formula is C12H22NO4. The van der Waals surface area contributed by atoms with Gasteiger partial charge in [0.25, 0.3) is 0 Å². The van der Waals surface area contributed by atoms with Gasteiger partial charge < -0.3 is 9.84 Å². The lowest BCUT2D eigenvalue weighted by molar-refractivity contribution is -0.310. The lowest BCUT2D eigenvalue weighted by Crippen LogP contribution is -2.65. The number of carbonyl (C=O) groups is 1. The highest BCUT2D eigenvalue weighted by atomic mass is 16.6. The molecule has 0 unspecified atom stereocenters. The summed E-state index contributed by atoms with van der Waals surface area (Å²) >= 11 is 0. The van der Waals surface area contributed by atoms with Crippen molar-refractivity contribution in [3.63, 3.8) is 0 Å². The van der Waals surface area contributed by atoms with Gasteiger partial charge in [-0.05, 0) is 34.6 Å². The fourth-order valence-corrected chi connectivity index (χ4v) is 2.87. The predicted octanol–water partition coefficient (Wildman–Crippen LogP) is 1.28. The van der Waals surface area contributed by atoms with E-state index >= 15 is 0 Å². The molecule has 1 rings (SSSR count). The Labute approximate surface area is 102 Å². The molecule has 1 heterocycles. The number of ether oxygens (including phenoxy) is 1. The van der Waals surface area contributed by atoms with Crippen LogP contribution in [0.4, 0.5) is 0 Å². The molecule has 0 saturated carbocycles. The molecule has 1 radical (unpaired) electrons. The molecule has 1 aliphatic rings. The van der Waals surface area contributed by atoms with Crippen molar-refractivity contribution in [2.75, 3.05) is 6.61 Å². The van der Waals surface area contributed by atoms with Gasteiger partial charge in [-0.1, -0.05) is 0 Å². The fourth-order valence-electron chi connectivity index (χ4n) is 2.87. The maximum Gasteiger partial charge on any atom is 0.338 e. The van der Waals surface area contributed by atoms with Gasteiger partial charge in [-0.15, -0.1) is 10.3 Å². The summed E-state index contributed by atoms with van der Waals surface area (Å²) in [6.07, 6.45) is 0.178. The summed E-state index contributed by atoms with van der Waals surface area (Å²) in [5.74, 6) is -0.630. The first-order chi connectivity index (χ1) is 7.55. The van der Waals surface area contributed by atoms with Gasteiger partial charge in [0, 0.05) is 23.9 Å². The summed E-state index contributed by atoms with van der Waals surface area (Å²) in [5, 5.41) is 23.5. The highest BCUT2D eigenvalue weighted by Gasteiger charge is 2.56. The van der Waals surface area contributed by atoms with Gasteiger partial charge in [-0.3, -0.25) is 0 Å². The zero-order chi connectivity index (χ0) is 13.5. The Kier molecular flexibility index (Phi) is 3.58. The van der Waals surface area contributed by atoms with E-state index in [4.69, 9.17) is 4.74 Å². The SMILES string of the molecule is CCOC(=O)C1(O)CC(C)(C)N([O])C(C)(C)C1. The molecule has 0 atom stereocenters. The smallest absolute Gasteiger partial charge is 0.338 e. The Balaban J connectivity index is 3.02. The second-order valence-corrected chi connectivity index (χ2v) is 6.02. The second-order valence-electron chi connectivity index (χ2n) is 6.02. The maximum atomic E-state index is 12.1. The van der Waals surface area contributed by atoms with E-state index in [1.165, 1.54) is 0 Å². The van der Waals surface area contributed by atoms with Crippen LogP contribution in [0.25, 0.3) is 0 Å². The molecule has 0 amide bonds. The molecule has 1 fully saturated rings. The molecule has 5 nitrogen and oxygen atoms in total. The van der Waals surface area contributed by atoms with Crippen LogP contribution in [-0.2, 0) is 14.7 Å². The minimum atomic E-state index is -1.57. The van der Waals surface area contributed by atoms with E-state index in [0.717, 1.165) is 5.06 Å². The topological polar surface area (TPSA) is 69.7 Å². The third-order valence-corrected chi connectivity index (χ3v) is 3.21. The van der Waals surface area contributed by atoms with Gasteiger partial charge in [0.15, 0.2) is 5.60 Å². The average molecular weight is 244 g/mol. The summed E-state index contributed by atoms with van der Waals surface area (Å²) in [6.45, 7) is 8.83. The fraction of sp³-hybridized carbons (Fsp3) is 0.917. The molecule has 0 aromatic rings. The molecule has 1 aliphatic heterocycles. The van der Waals surface area contributed by atoms with Gasteiger partial charge in [0.05, 0.1) is 6.61 Å². The van der Waals surface area contributed by atoms with Gasteiger partial charge in [-0.25, -0.2) is 4.79 Å². The third kappa shape index (κ3) is 2.61. The zero-order valence-corrected chi connectivity index (χ0v) is 11.2. The summed E-state index contributed by atoms with van der Waals surface area (Å²) in [5.41, 5.74) is -3.14. The number of hydrogen-bond donors (Lipinski definition) is 1. The Bertz CT molecular complexity index is 294. The van der Waals surface area contributed by atoms with Crippen LogP contribution in [0, 0.1) is 0 Å². The minimum absolute atomic E-state index is 0.0891. The molecule has 17 heavy (non-hydrogen) atoms. The number of nitrogens with zero attached hydrogens (tertiary/aromatic N) is 1. The van der Waals surface area contributed by atoms with Crippen LogP contribution >= 0.6 is 0 Å². The van der Waals surface area contributed by atoms with E-state index in [1.807, 2.05) is 0 Å². The Morgan fingerprint density at radius 2 is 1.65 bits per heavy atom. The van der Waals surface area contributed by atoms with E-state index in [9.17, 15) is 15.1 Å². The van der Waals surface area contributed by atoms with E-state index in [2.05, 4.69) is 0 Å². The van der Waals surface area contributed by atoms with Crippen LogP contribution in [0.1, 0.15) is 47.5 Å². The van der Waals surface area contributed by atoms with E-state index in [0.29, 0.717) is 0 Å². The lowest BCUT2D eigenvalue weighted by Gasteiger charge is -2.52. The van der Waals surface area contributed by atoms with E-state index in [-0.39, 0.29) is 19.4 Å². The van der Waals surface area contributed by atoms with Gasteiger partial charge in [0.1, 0.15) is 0 Å². The minimum Gasteiger partial charge on any atom is -0.464 e. The molecular weight excluding hydrogens is 222 g/mol. The van der Waals surface area contributed by atoms with Crippen molar-refractivity contribution in [1.29, 1.82) is 0 Å². The molecule has 1 saturated heterocycles. The quantitative estimate of drug-likeness (QED) is 0.743. The molecule has 0 aliphatic carbocycles. The Morgan fingerprint density at radius 3 is 2.00 bits per heavy atom. The molecule has 0 aromatic heterocycles. The van der Waals surface area contributed by atoms with Crippen molar-refractivity contribution in [2.45, 2.75) is 64.1 Å². The van der Waals surface area contributed by atoms with Gasteiger partial charge in [-0.2, -0.15) is 0 Å². The molecule has 1 N–H and O–H groups in total. The monoisotopic (exact) mass is 244 g/mol. The number of hydrogen-bond acceptors (Lipinski definition) is 4. The number of carbonyl (C=O) groups excluding carboxylic acids is 1. The Morgan fingerprint density at radius 1 is 1.24 bits per heavy atom. The molecule has 99 valence electrons. The average Bonchev–Trinajstić information content (AvgIpc) is 2.13. The first kappa shape index (κ1) is 14.4. The van der Waals surface area contributed by atoms with Crippen molar-refractivity contribution in [3.05, 3.63) is 0 Å². The van der Waals surface area contributed by atoms with Crippen LogP contribution in [0.5, 0.6) is 0 Å². The van der Waals surface area contributed by atoms with Crippen molar-refractivity contribution < 1.29 is 19.8 Å². The van der Waals surface area contributed by atoms with Crippen LogP contribution in [0.15, 0.2) is 0 Å². The van der Waals surface area contributed by atoms with Crippen LogP contribution in [-0.4, -0.2) is 39.4 Å². The van der Waals surface area contributed by atoms with Crippen molar-refractivity contribution in [1.82, 2.24) is 5.06 Å². The van der Waals surface area contributed by atoms with E-state index < -0.39 is 22.6 Å². The number of piperidine rings is 1. The first-order valence-corrected chi connectivity index (χ1v) is 5.92. The number of rotatable bonds is 2. The van der Waals surface area contributed by atoms with Crippen molar-refractivity contribution in [2.24, 2.45) is 0 Å².